The van der Waals surface area contributed by atoms with Crippen LogP contribution in [0.3, 0.4) is 0 Å². The molecular weight excluding hydrogens is 328 g/mol. The van der Waals surface area contributed by atoms with Crippen LogP contribution in [0.2, 0.25) is 0 Å². The number of hydrogen-bond acceptors (Lipinski definition) is 3. The number of hydrogen-bond donors (Lipinski definition) is 1. The molecule has 8 atom stereocenters. The van der Waals surface area contributed by atoms with Crippen LogP contribution in [0.4, 0.5) is 0 Å². The number of alkyl halides is 1. The molecule has 4 bridgehead atoms. The summed E-state index contributed by atoms with van der Waals surface area (Å²) in [5.41, 5.74) is -0.586. The molecule has 1 N–H and O–H groups in total. The summed E-state index contributed by atoms with van der Waals surface area (Å²) in [7, 11) is 0. The zero-order valence-corrected chi connectivity index (χ0v) is 14.6. The van der Waals surface area contributed by atoms with Crippen molar-refractivity contribution < 1.29 is 19.4 Å². The molecule has 24 heavy (non-hydrogen) atoms. The fraction of sp³-hybridized carbons (Fsp3) is 0.789. The lowest BCUT2D eigenvalue weighted by molar-refractivity contribution is -0.160. The molecule has 4 nitrogen and oxygen atoms in total. The van der Waals surface area contributed by atoms with Crippen LogP contribution in [-0.2, 0) is 14.3 Å². The van der Waals surface area contributed by atoms with Crippen molar-refractivity contribution in [2.75, 3.05) is 0 Å². The summed E-state index contributed by atoms with van der Waals surface area (Å²) < 4.78 is 6.08. The number of rotatable bonds is 1. The molecule has 0 radical (unpaired) electrons. The maximum Gasteiger partial charge on any atom is 0.314 e. The highest BCUT2D eigenvalue weighted by Gasteiger charge is 2.83. The lowest BCUT2D eigenvalue weighted by Gasteiger charge is -2.44. The van der Waals surface area contributed by atoms with Crippen molar-refractivity contribution in [3.63, 3.8) is 0 Å². The molecule has 4 aliphatic carbocycles. The van der Waals surface area contributed by atoms with Crippen molar-refractivity contribution >= 4 is 23.5 Å². The van der Waals surface area contributed by atoms with Gasteiger partial charge in [0.2, 0.25) is 0 Å². The molecule has 0 unspecified atom stereocenters. The Morgan fingerprint density at radius 2 is 2.12 bits per heavy atom. The number of aliphatic carboxylic acids is 1. The van der Waals surface area contributed by atoms with E-state index in [0.717, 1.165) is 32.1 Å². The molecule has 0 aromatic rings. The van der Waals surface area contributed by atoms with Crippen LogP contribution >= 0.6 is 11.6 Å². The number of carboxylic acids is 1. The highest BCUT2D eigenvalue weighted by Crippen LogP contribution is 2.78. The molecule has 130 valence electrons. The number of ether oxygens (including phenoxy) is 1. The van der Waals surface area contributed by atoms with Crippen molar-refractivity contribution in [2.45, 2.75) is 56.4 Å². The van der Waals surface area contributed by atoms with Crippen LogP contribution < -0.4 is 0 Å². The Bertz CT molecular complexity index is 689. The predicted octanol–water partition coefficient (Wildman–Crippen LogP) is 3.38. The van der Waals surface area contributed by atoms with E-state index in [1.54, 1.807) is 0 Å². The number of halogens is 1. The van der Waals surface area contributed by atoms with E-state index in [4.69, 9.17) is 16.3 Å². The SMILES string of the molecule is C=C1C[C@]23C[C@H]1CC[C@H]2[C@@]12CC[C@H](Cl)[C@@](C)(C(=O)O1)[C@H]2[C@@H]3C(=O)O. The summed E-state index contributed by atoms with van der Waals surface area (Å²) in [5, 5.41) is 9.86. The van der Waals surface area contributed by atoms with Gasteiger partial charge in [-0.15, -0.1) is 11.6 Å². The van der Waals surface area contributed by atoms with Gasteiger partial charge < -0.3 is 9.84 Å². The third-order valence-electron chi connectivity index (χ3n) is 8.40. The van der Waals surface area contributed by atoms with Crippen LogP contribution in [0.25, 0.3) is 0 Å². The van der Waals surface area contributed by atoms with E-state index < -0.39 is 22.9 Å². The number of fused-ring (bicyclic) bond motifs is 1. The van der Waals surface area contributed by atoms with E-state index in [9.17, 15) is 14.7 Å². The van der Waals surface area contributed by atoms with E-state index in [1.165, 1.54) is 5.57 Å². The molecule has 0 aromatic heterocycles. The quantitative estimate of drug-likeness (QED) is 0.447. The first-order valence-electron chi connectivity index (χ1n) is 9.05. The monoisotopic (exact) mass is 350 g/mol. The molecule has 1 heterocycles. The second-order valence-corrected chi connectivity index (χ2v) is 9.55. The Balaban J connectivity index is 1.76. The van der Waals surface area contributed by atoms with Crippen LogP contribution in [0, 0.1) is 34.5 Å². The normalized spacial score (nSPS) is 57.5. The average molecular weight is 351 g/mol. The van der Waals surface area contributed by atoms with E-state index in [2.05, 4.69) is 6.58 Å². The molecular formula is C19H23ClO4. The van der Waals surface area contributed by atoms with Gasteiger partial charge in [0, 0.05) is 11.8 Å². The van der Waals surface area contributed by atoms with Crippen molar-refractivity contribution in [1.29, 1.82) is 0 Å². The van der Waals surface area contributed by atoms with Crippen LogP contribution in [-0.4, -0.2) is 28.0 Å². The Morgan fingerprint density at radius 1 is 1.38 bits per heavy atom. The van der Waals surface area contributed by atoms with Gasteiger partial charge in [-0.05, 0) is 56.8 Å². The van der Waals surface area contributed by atoms with Gasteiger partial charge >= 0.3 is 11.9 Å². The first-order valence-corrected chi connectivity index (χ1v) is 9.49. The molecule has 4 saturated carbocycles. The zero-order valence-electron chi connectivity index (χ0n) is 13.9. The Kier molecular flexibility index (Phi) is 2.67. The van der Waals surface area contributed by atoms with Gasteiger partial charge in [0.1, 0.15) is 5.60 Å². The largest absolute Gasteiger partial charge is 0.481 e. The molecule has 5 heteroatoms. The van der Waals surface area contributed by atoms with Gasteiger partial charge in [-0.3, -0.25) is 9.59 Å². The number of allylic oxidation sites excluding steroid dienone is 1. The smallest absolute Gasteiger partial charge is 0.314 e. The minimum absolute atomic E-state index is 0.140. The number of carbonyl (C=O) groups is 2. The van der Waals surface area contributed by atoms with Crippen LogP contribution in [0.5, 0.6) is 0 Å². The molecule has 5 rings (SSSR count). The molecule has 1 saturated heterocycles. The first-order chi connectivity index (χ1) is 11.3. The molecule has 0 amide bonds. The summed E-state index contributed by atoms with van der Waals surface area (Å²) in [5.74, 6) is -1.33. The zero-order chi connectivity index (χ0) is 17.1. The van der Waals surface area contributed by atoms with E-state index in [-0.39, 0.29) is 28.6 Å². The summed E-state index contributed by atoms with van der Waals surface area (Å²) in [6, 6.07) is 0. The maximum atomic E-state index is 12.8. The number of esters is 1. The van der Waals surface area contributed by atoms with Gasteiger partial charge in [0.05, 0.1) is 16.7 Å². The van der Waals surface area contributed by atoms with Gasteiger partial charge in [0.15, 0.2) is 0 Å². The summed E-state index contributed by atoms with van der Waals surface area (Å²) in [4.78, 5) is 25.2. The van der Waals surface area contributed by atoms with Crippen molar-refractivity contribution in [3.05, 3.63) is 12.2 Å². The van der Waals surface area contributed by atoms with Gasteiger partial charge in [-0.2, -0.15) is 0 Å². The second-order valence-electron chi connectivity index (χ2n) is 9.03. The third kappa shape index (κ3) is 1.34. The molecule has 0 aromatic carbocycles. The standard InChI is InChI=1S/C19H23ClO4/c1-9-7-18-8-10(9)3-4-11(18)19-6-5-12(20)17(2,16(23)24-19)14(19)13(18)15(21)22/h10-14H,1,3-8H2,2H3,(H,21,22)/t10-,11-,12+,13-,14-,17-,18+,19-/m1/s1. The average Bonchev–Trinajstić information content (AvgIpc) is 2.98. The Morgan fingerprint density at radius 3 is 2.83 bits per heavy atom. The summed E-state index contributed by atoms with van der Waals surface area (Å²) in [6.45, 7) is 6.09. The van der Waals surface area contributed by atoms with E-state index in [1.807, 2.05) is 6.92 Å². The fourth-order valence-corrected chi connectivity index (χ4v) is 7.96. The minimum Gasteiger partial charge on any atom is -0.481 e. The highest BCUT2D eigenvalue weighted by molar-refractivity contribution is 6.23. The topological polar surface area (TPSA) is 63.6 Å². The third-order valence-corrected chi connectivity index (χ3v) is 9.07. The van der Waals surface area contributed by atoms with Crippen LogP contribution in [0.15, 0.2) is 12.2 Å². The summed E-state index contributed by atoms with van der Waals surface area (Å²) in [6.07, 6.45) is 5.10. The molecule has 1 aliphatic heterocycles. The summed E-state index contributed by atoms with van der Waals surface area (Å²) >= 11 is 6.59. The van der Waals surface area contributed by atoms with E-state index in [0.29, 0.717) is 12.3 Å². The lowest BCUT2D eigenvalue weighted by Crippen LogP contribution is -2.51. The predicted molar refractivity (Wildman–Crippen MR) is 87.4 cm³/mol. The van der Waals surface area contributed by atoms with Crippen molar-refractivity contribution in [2.24, 2.45) is 34.5 Å². The molecule has 5 aliphatic rings. The van der Waals surface area contributed by atoms with Crippen molar-refractivity contribution in [1.82, 2.24) is 0 Å². The van der Waals surface area contributed by atoms with Crippen molar-refractivity contribution in [3.8, 4) is 0 Å². The van der Waals surface area contributed by atoms with Gasteiger partial charge in [-0.1, -0.05) is 12.2 Å². The van der Waals surface area contributed by atoms with Crippen LogP contribution in [0.1, 0.15) is 45.4 Å². The Labute approximate surface area is 146 Å². The molecule has 5 fully saturated rings. The Hall–Kier alpha value is -1.03. The number of carbonyl (C=O) groups excluding carboxylic acids is 1. The first kappa shape index (κ1) is 15.2. The van der Waals surface area contributed by atoms with Gasteiger partial charge in [-0.25, -0.2) is 0 Å². The fourth-order valence-electron chi connectivity index (χ4n) is 7.63. The number of carboxylic acid groups (broad SMARTS) is 1. The maximum absolute atomic E-state index is 12.8. The van der Waals surface area contributed by atoms with E-state index >= 15 is 0 Å². The lowest BCUT2D eigenvalue weighted by atomic mass is 9.60. The molecule has 1 spiro atoms. The highest BCUT2D eigenvalue weighted by atomic mass is 35.5. The second kappa shape index (κ2) is 4.20. The van der Waals surface area contributed by atoms with Gasteiger partial charge in [0.25, 0.3) is 0 Å². The minimum atomic E-state index is -0.881.